The summed E-state index contributed by atoms with van der Waals surface area (Å²) in [4.78, 5) is 14.9. The largest absolute Gasteiger partial charge is 0.471 e. The average molecular weight is 257 g/mol. The molecule has 0 atom stereocenters. The first kappa shape index (κ1) is 12.4. The number of nitrogens with zero attached hydrogens (tertiary/aromatic N) is 2. The Labute approximate surface area is 100 Å². The highest BCUT2D eigenvalue weighted by atomic mass is 19.4. The predicted molar refractivity (Wildman–Crippen MR) is 57.8 cm³/mol. The van der Waals surface area contributed by atoms with Gasteiger partial charge in [-0.05, 0) is 19.1 Å². The molecule has 1 N–H and O–H groups in total. The molecule has 2 rings (SSSR count). The van der Waals surface area contributed by atoms with Crippen molar-refractivity contribution in [1.82, 2.24) is 14.7 Å². The Balaban J connectivity index is 2.22. The number of aromatic nitrogens is 2. The van der Waals surface area contributed by atoms with Crippen molar-refractivity contribution < 1.29 is 18.0 Å². The van der Waals surface area contributed by atoms with Gasteiger partial charge in [-0.15, -0.1) is 0 Å². The number of imidazole rings is 1. The van der Waals surface area contributed by atoms with Crippen LogP contribution in [0.5, 0.6) is 0 Å². The molecule has 0 aliphatic heterocycles. The van der Waals surface area contributed by atoms with Gasteiger partial charge in [-0.3, -0.25) is 4.79 Å². The van der Waals surface area contributed by atoms with Crippen molar-refractivity contribution in [1.29, 1.82) is 0 Å². The van der Waals surface area contributed by atoms with Crippen LogP contribution in [0.25, 0.3) is 5.65 Å². The Kier molecular flexibility index (Phi) is 2.98. The van der Waals surface area contributed by atoms with E-state index in [0.29, 0.717) is 17.0 Å². The molecule has 0 aromatic carbocycles. The summed E-state index contributed by atoms with van der Waals surface area (Å²) in [5, 5.41) is 1.83. The number of hydrogen-bond acceptors (Lipinski definition) is 2. The highest BCUT2D eigenvalue weighted by molar-refractivity contribution is 5.81. The zero-order valence-corrected chi connectivity index (χ0v) is 9.45. The zero-order chi connectivity index (χ0) is 13.3. The summed E-state index contributed by atoms with van der Waals surface area (Å²) in [5.74, 6) is -1.95. The average Bonchev–Trinajstić information content (AvgIpc) is 2.60. The lowest BCUT2D eigenvalue weighted by atomic mass is 10.3. The van der Waals surface area contributed by atoms with Crippen molar-refractivity contribution >= 4 is 11.6 Å². The second-order valence-corrected chi connectivity index (χ2v) is 3.75. The van der Waals surface area contributed by atoms with E-state index in [-0.39, 0.29) is 6.54 Å². The predicted octanol–water partition coefficient (Wildman–Crippen LogP) is 1.82. The lowest BCUT2D eigenvalue weighted by Crippen LogP contribution is -2.36. The van der Waals surface area contributed by atoms with E-state index in [9.17, 15) is 18.0 Å². The highest BCUT2D eigenvalue weighted by Gasteiger charge is 2.38. The number of nitrogens with one attached hydrogen (secondary N) is 1. The van der Waals surface area contributed by atoms with Crippen molar-refractivity contribution in [2.75, 3.05) is 0 Å². The van der Waals surface area contributed by atoms with Crippen molar-refractivity contribution in [3.8, 4) is 0 Å². The second kappa shape index (κ2) is 4.32. The van der Waals surface area contributed by atoms with Crippen molar-refractivity contribution in [3.63, 3.8) is 0 Å². The summed E-state index contributed by atoms with van der Waals surface area (Å²) in [5.41, 5.74) is 1.75. The number of alkyl halides is 3. The molecule has 0 spiro atoms. The third-order valence-electron chi connectivity index (χ3n) is 2.50. The number of amides is 1. The Morgan fingerprint density at radius 3 is 2.83 bits per heavy atom. The maximum atomic E-state index is 12.1. The molecule has 96 valence electrons. The standard InChI is InChI=1S/C11H10F3N3O/c1-7-8(6-15-10(18)11(12,13)14)17-5-3-2-4-9(17)16-7/h2-5H,6H2,1H3,(H,15,18). The number of fused-ring (bicyclic) bond motifs is 1. The summed E-state index contributed by atoms with van der Waals surface area (Å²) < 4.78 is 37.8. The lowest BCUT2D eigenvalue weighted by Gasteiger charge is -2.08. The summed E-state index contributed by atoms with van der Waals surface area (Å²) in [6.45, 7) is 1.47. The first-order valence-corrected chi connectivity index (χ1v) is 5.17. The molecule has 2 heterocycles. The van der Waals surface area contributed by atoms with Gasteiger partial charge in [0.15, 0.2) is 0 Å². The van der Waals surface area contributed by atoms with E-state index in [1.165, 1.54) is 0 Å². The number of hydrogen-bond donors (Lipinski definition) is 1. The first-order valence-electron chi connectivity index (χ1n) is 5.17. The molecule has 0 aliphatic carbocycles. The minimum Gasteiger partial charge on any atom is -0.343 e. The van der Waals surface area contributed by atoms with Crippen LogP contribution in [-0.2, 0) is 11.3 Å². The fourth-order valence-corrected chi connectivity index (χ4v) is 1.64. The Morgan fingerprint density at radius 2 is 2.17 bits per heavy atom. The Hall–Kier alpha value is -2.05. The lowest BCUT2D eigenvalue weighted by molar-refractivity contribution is -0.173. The molecule has 7 heteroatoms. The maximum absolute atomic E-state index is 12.1. The maximum Gasteiger partial charge on any atom is 0.471 e. The van der Waals surface area contributed by atoms with Gasteiger partial charge in [0, 0.05) is 6.20 Å². The molecule has 0 fully saturated rings. The Bertz CT molecular complexity index is 589. The molecule has 0 unspecified atom stereocenters. The molecule has 2 aromatic heterocycles. The van der Waals surface area contributed by atoms with Crippen LogP contribution in [0.15, 0.2) is 24.4 Å². The normalized spacial score (nSPS) is 11.8. The van der Waals surface area contributed by atoms with Crippen LogP contribution < -0.4 is 5.32 Å². The monoisotopic (exact) mass is 257 g/mol. The third-order valence-corrected chi connectivity index (χ3v) is 2.50. The van der Waals surface area contributed by atoms with E-state index in [1.807, 2.05) is 5.32 Å². The molecular weight excluding hydrogens is 247 g/mol. The number of rotatable bonds is 2. The molecule has 18 heavy (non-hydrogen) atoms. The second-order valence-electron chi connectivity index (χ2n) is 3.75. The van der Waals surface area contributed by atoms with Crippen LogP contribution >= 0.6 is 0 Å². The minimum absolute atomic E-state index is 0.213. The molecule has 0 bridgehead atoms. The van der Waals surface area contributed by atoms with Gasteiger partial charge in [0.25, 0.3) is 0 Å². The van der Waals surface area contributed by atoms with Crippen LogP contribution in [0.4, 0.5) is 13.2 Å². The first-order chi connectivity index (χ1) is 8.39. The Morgan fingerprint density at radius 1 is 1.44 bits per heavy atom. The van der Waals surface area contributed by atoms with E-state index in [1.54, 1.807) is 35.7 Å². The van der Waals surface area contributed by atoms with E-state index in [0.717, 1.165) is 0 Å². The SMILES string of the molecule is Cc1nc2ccccn2c1CNC(=O)C(F)(F)F. The number of halogens is 3. The van der Waals surface area contributed by atoms with Crippen LogP contribution in [0.1, 0.15) is 11.4 Å². The number of carbonyl (C=O) groups excluding carboxylic acids is 1. The van der Waals surface area contributed by atoms with Gasteiger partial charge in [-0.25, -0.2) is 4.98 Å². The minimum atomic E-state index is -4.87. The van der Waals surface area contributed by atoms with Crippen LogP contribution in [0.2, 0.25) is 0 Å². The number of aryl methyl sites for hydroxylation is 1. The van der Waals surface area contributed by atoms with Gasteiger partial charge < -0.3 is 9.72 Å². The van der Waals surface area contributed by atoms with E-state index < -0.39 is 12.1 Å². The number of pyridine rings is 1. The van der Waals surface area contributed by atoms with Gasteiger partial charge >= 0.3 is 12.1 Å². The zero-order valence-electron chi connectivity index (χ0n) is 9.45. The van der Waals surface area contributed by atoms with Crippen LogP contribution in [0.3, 0.4) is 0 Å². The molecule has 2 aromatic rings. The van der Waals surface area contributed by atoms with E-state index in [2.05, 4.69) is 4.98 Å². The van der Waals surface area contributed by atoms with Gasteiger partial charge in [0.1, 0.15) is 5.65 Å². The summed E-state index contributed by atoms with van der Waals surface area (Å²) >= 11 is 0. The molecule has 0 saturated carbocycles. The summed E-state index contributed by atoms with van der Waals surface area (Å²) in [6, 6.07) is 5.26. The van der Waals surface area contributed by atoms with Gasteiger partial charge in [0.05, 0.1) is 17.9 Å². The van der Waals surface area contributed by atoms with E-state index in [4.69, 9.17) is 0 Å². The molecule has 0 saturated heterocycles. The molecule has 0 aliphatic rings. The topological polar surface area (TPSA) is 46.4 Å². The fraction of sp³-hybridized carbons (Fsp3) is 0.273. The van der Waals surface area contributed by atoms with Crippen molar-refractivity contribution in [3.05, 3.63) is 35.8 Å². The third kappa shape index (κ3) is 2.29. The molecule has 0 radical (unpaired) electrons. The number of carbonyl (C=O) groups is 1. The fourth-order valence-electron chi connectivity index (χ4n) is 1.64. The van der Waals surface area contributed by atoms with Gasteiger partial charge in [-0.2, -0.15) is 13.2 Å². The molecular formula is C11H10F3N3O. The van der Waals surface area contributed by atoms with Crippen LogP contribution in [0, 0.1) is 6.92 Å². The van der Waals surface area contributed by atoms with Crippen molar-refractivity contribution in [2.24, 2.45) is 0 Å². The molecule has 1 amide bonds. The van der Waals surface area contributed by atoms with Gasteiger partial charge in [0.2, 0.25) is 0 Å². The van der Waals surface area contributed by atoms with Crippen LogP contribution in [-0.4, -0.2) is 21.5 Å². The smallest absolute Gasteiger partial charge is 0.343 e. The quantitative estimate of drug-likeness (QED) is 0.892. The summed E-state index contributed by atoms with van der Waals surface area (Å²) in [6.07, 6.45) is -3.18. The summed E-state index contributed by atoms with van der Waals surface area (Å²) in [7, 11) is 0. The van der Waals surface area contributed by atoms with E-state index >= 15 is 0 Å². The van der Waals surface area contributed by atoms with Crippen molar-refractivity contribution in [2.45, 2.75) is 19.6 Å². The molecule has 4 nitrogen and oxygen atoms in total. The van der Waals surface area contributed by atoms with Gasteiger partial charge in [-0.1, -0.05) is 6.07 Å². The highest BCUT2D eigenvalue weighted by Crippen LogP contribution is 2.16.